The topological polar surface area (TPSA) is 122 Å². The largest absolute Gasteiger partial charge is 0.386 e. The fourth-order valence-corrected chi connectivity index (χ4v) is 3.08. The molecule has 1 unspecified atom stereocenters. The van der Waals surface area contributed by atoms with Crippen LogP contribution < -0.4 is 10.6 Å². The van der Waals surface area contributed by atoms with Gasteiger partial charge in [0.25, 0.3) is 5.69 Å². The van der Waals surface area contributed by atoms with Crippen LogP contribution in [0.3, 0.4) is 0 Å². The van der Waals surface area contributed by atoms with Gasteiger partial charge in [0.2, 0.25) is 0 Å². The van der Waals surface area contributed by atoms with Gasteiger partial charge in [0.05, 0.1) is 4.92 Å². The zero-order valence-electron chi connectivity index (χ0n) is 13.6. The van der Waals surface area contributed by atoms with E-state index in [0.717, 1.165) is 5.56 Å². The number of nitro benzene ring substituents is 1. The van der Waals surface area contributed by atoms with Crippen molar-refractivity contribution in [3.05, 3.63) is 55.8 Å². The Morgan fingerprint density at radius 2 is 2.00 bits per heavy atom. The van der Waals surface area contributed by atoms with Crippen LogP contribution in [0.15, 0.2) is 29.6 Å². The SMILES string of the molecule is Cc1ccc(NC(=O)C(=O)NCC(O)c2sccc2C)c([N+](=O)[O-])c1. The average molecular weight is 363 g/mol. The molecule has 25 heavy (non-hydrogen) atoms. The Bertz CT molecular complexity index is 818. The molecule has 0 spiro atoms. The van der Waals surface area contributed by atoms with Gasteiger partial charge in [-0.15, -0.1) is 11.3 Å². The fraction of sp³-hybridized carbons (Fsp3) is 0.250. The molecule has 0 aliphatic carbocycles. The number of nitrogens with one attached hydrogen (secondary N) is 2. The summed E-state index contributed by atoms with van der Waals surface area (Å²) in [4.78, 5) is 34.9. The van der Waals surface area contributed by atoms with Crippen LogP contribution in [0.2, 0.25) is 0 Å². The highest BCUT2D eigenvalue weighted by molar-refractivity contribution is 7.10. The molecule has 1 aromatic carbocycles. The first-order valence-corrected chi connectivity index (χ1v) is 8.24. The van der Waals surface area contributed by atoms with Gasteiger partial charge in [-0.2, -0.15) is 0 Å². The van der Waals surface area contributed by atoms with Gasteiger partial charge in [-0.1, -0.05) is 6.07 Å². The van der Waals surface area contributed by atoms with Gasteiger partial charge in [0.1, 0.15) is 11.8 Å². The maximum Gasteiger partial charge on any atom is 0.313 e. The molecular weight excluding hydrogens is 346 g/mol. The number of aliphatic hydroxyl groups excluding tert-OH is 1. The molecule has 132 valence electrons. The Morgan fingerprint density at radius 3 is 2.60 bits per heavy atom. The third-order valence-corrected chi connectivity index (χ3v) is 4.58. The standard InChI is InChI=1S/C16H17N3O5S/c1-9-3-4-11(12(7-9)19(23)24)18-16(22)15(21)17-8-13(20)14-10(2)5-6-25-14/h3-7,13,20H,8H2,1-2H3,(H,17,21)(H,18,22). The van der Waals surface area contributed by atoms with E-state index < -0.39 is 22.8 Å². The van der Waals surface area contributed by atoms with E-state index in [2.05, 4.69) is 10.6 Å². The Hall–Kier alpha value is -2.78. The molecule has 0 saturated heterocycles. The van der Waals surface area contributed by atoms with E-state index in [0.29, 0.717) is 10.4 Å². The minimum atomic E-state index is -1.04. The number of aliphatic hydroxyl groups is 1. The molecule has 9 heteroatoms. The predicted molar refractivity (Wildman–Crippen MR) is 93.5 cm³/mol. The summed E-state index contributed by atoms with van der Waals surface area (Å²) in [5.74, 6) is -2.02. The van der Waals surface area contributed by atoms with Crippen molar-refractivity contribution in [3.8, 4) is 0 Å². The zero-order valence-corrected chi connectivity index (χ0v) is 14.4. The minimum Gasteiger partial charge on any atom is -0.386 e. The summed E-state index contributed by atoms with van der Waals surface area (Å²) in [5, 5.41) is 27.4. The average Bonchev–Trinajstić information content (AvgIpc) is 2.99. The lowest BCUT2D eigenvalue weighted by atomic mass is 10.2. The highest BCUT2D eigenvalue weighted by Gasteiger charge is 2.21. The van der Waals surface area contributed by atoms with Crippen molar-refractivity contribution in [2.45, 2.75) is 20.0 Å². The molecule has 0 bridgehead atoms. The summed E-state index contributed by atoms with van der Waals surface area (Å²) in [5.41, 5.74) is 1.19. The Labute approximate surface area is 147 Å². The number of anilines is 1. The third-order valence-electron chi connectivity index (χ3n) is 3.46. The van der Waals surface area contributed by atoms with Crippen molar-refractivity contribution in [3.63, 3.8) is 0 Å². The molecule has 8 nitrogen and oxygen atoms in total. The fourth-order valence-electron chi connectivity index (χ4n) is 2.17. The highest BCUT2D eigenvalue weighted by atomic mass is 32.1. The lowest BCUT2D eigenvalue weighted by Crippen LogP contribution is -2.37. The van der Waals surface area contributed by atoms with Crippen molar-refractivity contribution in [1.82, 2.24) is 5.32 Å². The number of thiophene rings is 1. The normalized spacial score (nSPS) is 11.6. The Morgan fingerprint density at radius 1 is 1.28 bits per heavy atom. The molecule has 0 radical (unpaired) electrons. The van der Waals surface area contributed by atoms with E-state index >= 15 is 0 Å². The molecule has 2 amide bonds. The predicted octanol–water partition coefficient (Wildman–Crippen LogP) is 2.06. The van der Waals surface area contributed by atoms with Crippen LogP contribution in [0.5, 0.6) is 0 Å². The number of nitro groups is 1. The summed E-state index contributed by atoms with van der Waals surface area (Å²) >= 11 is 1.35. The first-order valence-electron chi connectivity index (χ1n) is 7.36. The summed E-state index contributed by atoms with van der Waals surface area (Å²) in [6.45, 7) is 3.38. The minimum absolute atomic E-state index is 0.0644. The first kappa shape index (κ1) is 18.6. The smallest absolute Gasteiger partial charge is 0.313 e. The van der Waals surface area contributed by atoms with Crippen molar-refractivity contribution in [1.29, 1.82) is 0 Å². The van der Waals surface area contributed by atoms with Gasteiger partial charge in [-0.3, -0.25) is 19.7 Å². The molecular formula is C16H17N3O5S. The molecule has 2 aromatic rings. The van der Waals surface area contributed by atoms with Crippen LogP contribution in [-0.4, -0.2) is 28.4 Å². The van der Waals surface area contributed by atoms with E-state index in [1.54, 1.807) is 13.0 Å². The number of amides is 2. The summed E-state index contributed by atoms with van der Waals surface area (Å²) in [6, 6.07) is 6.09. The number of rotatable bonds is 5. The number of aryl methyl sites for hydroxylation is 2. The van der Waals surface area contributed by atoms with Gasteiger partial charge >= 0.3 is 11.8 Å². The first-order chi connectivity index (χ1) is 11.8. The Kier molecular flexibility index (Phi) is 5.84. The van der Waals surface area contributed by atoms with E-state index in [-0.39, 0.29) is 17.9 Å². The quantitative estimate of drug-likeness (QED) is 0.426. The van der Waals surface area contributed by atoms with E-state index in [9.17, 15) is 24.8 Å². The molecule has 3 N–H and O–H groups in total. The zero-order chi connectivity index (χ0) is 18.6. The van der Waals surface area contributed by atoms with Crippen LogP contribution in [0.25, 0.3) is 0 Å². The summed E-state index contributed by atoms with van der Waals surface area (Å²) in [6.07, 6.45) is -0.925. The highest BCUT2D eigenvalue weighted by Crippen LogP contribution is 2.25. The van der Waals surface area contributed by atoms with Gasteiger partial charge in [-0.25, -0.2) is 0 Å². The molecule has 1 heterocycles. The lowest BCUT2D eigenvalue weighted by molar-refractivity contribution is -0.384. The number of hydrogen-bond donors (Lipinski definition) is 3. The van der Waals surface area contributed by atoms with E-state index in [1.165, 1.54) is 23.5 Å². The molecule has 0 aliphatic rings. The van der Waals surface area contributed by atoms with Crippen LogP contribution in [0.4, 0.5) is 11.4 Å². The van der Waals surface area contributed by atoms with Gasteiger partial charge < -0.3 is 15.7 Å². The number of nitrogens with zero attached hydrogens (tertiary/aromatic N) is 1. The maximum atomic E-state index is 11.9. The molecule has 1 atom stereocenters. The van der Waals surface area contributed by atoms with Crippen LogP contribution in [0.1, 0.15) is 22.1 Å². The van der Waals surface area contributed by atoms with E-state index in [1.807, 2.05) is 18.4 Å². The van der Waals surface area contributed by atoms with Gasteiger partial charge in [0, 0.05) is 17.5 Å². The summed E-state index contributed by atoms with van der Waals surface area (Å²) in [7, 11) is 0. The number of hydrogen-bond acceptors (Lipinski definition) is 6. The van der Waals surface area contributed by atoms with Crippen LogP contribution in [-0.2, 0) is 9.59 Å². The number of carbonyl (C=O) groups excluding carboxylic acids is 2. The third kappa shape index (κ3) is 4.61. The second kappa shape index (κ2) is 7.86. The monoisotopic (exact) mass is 363 g/mol. The maximum absolute atomic E-state index is 11.9. The molecule has 1 aromatic heterocycles. The van der Waals surface area contributed by atoms with Crippen LogP contribution in [0, 0.1) is 24.0 Å². The molecule has 2 rings (SSSR count). The summed E-state index contributed by atoms with van der Waals surface area (Å²) < 4.78 is 0. The van der Waals surface area contributed by atoms with Crippen molar-refractivity contribution >= 4 is 34.5 Å². The molecule has 0 fully saturated rings. The van der Waals surface area contributed by atoms with Crippen molar-refractivity contribution in [2.75, 3.05) is 11.9 Å². The lowest BCUT2D eigenvalue weighted by Gasteiger charge is -2.11. The van der Waals surface area contributed by atoms with Gasteiger partial charge in [0.15, 0.2) is 0 Å². The van der Waals surface area contributed by atoms with Crippen molar-refractivity contribution in [2.24, 2.45) is 0 Å². The van der Waals surface area contributed by atoms with E-state index in [4.69, 9.17) is 0 Å². The van der Waals surface area contributed by atoms with Crippen LogP contribution >= 0.6 is 11.3 Å². The molecule has 0 aliphatic heterocycles. The van der Waals surface area contributed by atoms with Gasteiger partial charge in [-0.05, 0) is 42.5 Å². The number of benzene rings is 1. The second-order valence-corrected chi connectivity index (χ2v) is 6.37. The second-order valence-electron chi connectivity index (χ2n) is 5.43. The van der Waals surface area contributed by atoms with Crippen molar-refractivity contribution < 1.29 is 19.6 Å². The number of carbonyl (C=O) groups is 2. The molecule has 0 saturated carbocycles. The Balaban J connectivity index is 1.98.